The minimum absolute atomic E-state index is 0.0496. The zero-order chi connectivity index (χ0) is 13.1. The van der Waals surface area contributed by atoms with Gasteiger partial charge in [0.1, 0.15) is 0 Å². The van der Waals surface area contributed by atoms with Gasteiger partial charge in [0.2, 0.25) is 0 Å². The van der Waals surface area contributed by atoms with Gasteiger partial charge in [-0.2, -0.15) is 0 Å². The van der Waals surface area contributed by atoms with E-state index in [4.69, 9.17) is 10.5 Å². The Kier molecular flexibility index (Phi) is 3.72. The van der Waals surface area contributed by atoms with Crippen LogP contribution in [0, 0.1) is 0 Å². The molecular weight excluding hydrogens is 230 g/mol. The Labute approximate surface area is 107 Å². The number of anilines is 2. The molecule has 5 heteroatoms. The first-order chi connectivity index (χ1) is 8.58. The average Bonchev–Trinajstić information content (AvgIpc) is 2.66. The predicted octanol–water partition coefficient (Wildman–Crippen LogP) is 1.35. The molecule has 0 saturated heterocycles. The molecule has 1 aromatic carbocycles. The molecule has 0 aromatic heterocycles. The summed E-state index contributed by atoms with van der Waals surface area (Å²) in [5, 5.41) is 6.00. The second-order valence-corrected chi connectivity index (χ2v) is 4.63. The molecule has 1 aliphatic heterocycles. The van der Waals surface area contributed by atoms with Crippen LogP contribution in [0.5, 0.6) is 0 Å². The van der Waals surface area contributed by atoms with Gasteiger partial charge in [-0.1, -0.05) is 0 Å². The van der Waals surface area contributed by atoms with Gasteiger partial charge in [0.15, 0.2) is 0 Å². The fourth-order valence-corrected chi connectivity index (χ4v) is 1.92. The highest BCUT2D eigenvalue weighted by atomic mass is 16.5. The molecule has 0 spiro atoms. The van der Waals surface area contributed by atoms with E-state index in [2.05, 4.69) is 10.6 Å². The molecule has 0 aliphatic carbocycles. The molecule has 0 bridgehead atoms. The molecule has 0 fully saturated rings. The third-order valence-corrected chi connectivity index (χ3v) is 2.83. The summed E-state index contributed by atoms with van der Waals surface area (Å²) in [5.41, 5.74) is 9.03. The number of hydrogen-bond acceptors (Lipinski definition) is 4. The van der Waals surface area contributed by atoms with Gasteiger partial charge >= 0.3 is 0 Å². The topological polar surface area (TPSA) is 76.4 Å². The highest BCUT2D eigenvalue weighted by Crippen LogP contribution is 2.26. The lowest BCUT2D eigenvalue weighted by Crippen LogP contribution is -2.14. The molecule has 1 aliphatic rings. The predicted molar refractivity (Wildman–Crippen MR) is 71.6 cm³/mol. The minimum atomic E-state index is -0.0496. The molecule has 0 radical (unpaired) electrons. The first-order valence-electron chi connectivity index (χ1n) is 6.14. The van der Waals surface area contributed by atoms with Crippen LogP contribution < -0.4 is 16.4 Å². The fraction of sp³-hybridized carbons (Fsp3) is 0.462. The third kappa shape index (κ3) is 2.73. The van der Waals surface area contributed by atoms with Crippen LogP contribution >= 0.6 is 0 Å². The molecule has 18 heavy (non-hydrogen) atoms. The Morgan fingerprint density at radius 3 is 3.00 bits per heavy atom. The number of fused-ring (bicyclic) bond motifs is 1. The Balaban J connectivity index is 1.99. The number of amides is 1. The quantitative estimate of drug-likeness (QED) is 0.544. The normalized spacial score (nSPS) is 13.6. The van der Waals surface area contributed by atoms with Crippen LogP contribution in [-0.4, -0.2) is 25.2 Å². The van der Waals surface area contributed by atoms with Gasteiger partial charge in [-0.25, -0.2) is 0 Å². The summed E-state index contributed by atoms with van der Waals surface area (Å²) in [5.74, 6) is -0.0496. The Morgan fingerprint density at radius 1 is 1.50 bits per heavy atom. The number of benzene rings is 1. The van der Waals surface area contributed by atoms with Crippen molar-refractivity contribution in [3.63, 3.8) is 0 Å². The highest BCUT2D eigenvalue weighted by molar-refractivity contribution is 6.00. The van der Waals surface area contributed by atoms with Crippen LogP contribution in [0.15, 0.2) is 12.1 Å². The van der Waals surface area contributed by atoms with Crippen LogP contribution in [-0.2, 0) is 11.3 Å². The van der Waals surface area contributed by atoms with Crippen LogP contribution in [0.3, 0.4) is 0 Å². The molecule has 1 aromatic rings. The molecule has 4 N–H and O–H groups in total. The Bertz CT molecular complexity index is 458. The van der Waals surface area contributed by atoms with E-state index < -0.39 is 0 Å². The Morgan fingerprint density at radius 2 is 2.28 bits per heavy atom. The largest absolute Gasteiger partial charge is 0.397 e. The van der Waals surface area contributed by atoms with E-state index >= 15 is 0 Å². The lowest BCUT2D eigenvalue weighted by atomic mass is 10.1. The lowest BCUT2D eigenvalue weighted by molar-refractivity contribution is 0.0870. The number of rotatable bonds is 5. The summed E-state index contributed by atoms with van der Waals surface area (Å²) in [4.78, 5) is 11.5. The molecule has 1 heterocycles. The first kappa shape index (κ1) is 12.7. The van der Waals surface area contributed by atoms with E-state index in [-0.39, 0.29) is 12.0 Å². The van der Waals surface area contributed by atoms with E-state index in [0.717, 1.165) is 11.3 Å². The van der Waals surface area contributed by atoms with Gasteiger partial charge in [-0.3, -0.25) is 4.79 Å². The van der Waals surface area contributed by atoms with Gasteiger partial charge < -0.3 is 21.1 Å². The summed E-state index contributed by atoms with van der Waals surface area (Å²) in [6, 6.07) is 3.65. The summed E-state index contributed by atoms with van der Waals surface area (Å²) in [7, 11) is 0. The van der Waals surface area contributed by atoms with Crippen molar-refractivity contribution in [2.75, 3.05) is 24.2 Å². The highest BCUT2D eigenvalue weighted by Gasteiger charge is 2.20. The van der Waals surface area contributed by atoms with Gasteiger partial charge in [0.25, 0.3) is 5.91 Å². The van der Waals surface area contributed by atoms with E-state index in [9.17, 15) is 4.79 Å². The van der Waals surface area contributed by atoms with Crippen molar-refractivity contribution in [2.24, 2.45) is 0 Å². The van der Waals surface area contributed by atoms with Gasteiger partial charge in [0, 0.05) is 18.7 Å². The van der Waals surface area contributed by atoms with E-state index in [1.807, 2.05) is 19.9 Å². The van der Waals surface area contributed by atoms with Gasteiger partial charge in [-0.05, 0) is 31.5 Å². The van der Waals surface area contributed by atoms with Crippen molar-refractivity contribution >= 4 is 17.3 Å². The fourth-order valence-electron chi connectivity index (χ4n) is 1.92. The number of nitrogens with one attached hydrogen (secondary N) is 2. The van der Waals surface area contributed by atoms with Crippen molar-refractivity contribution in [3.8, 4) is 0 Å². The zero-order valence-corrected chi connectivity index (χ0v) is 10.7. The SMILES string of the molecule is CC(C)OCCNc1cc2c(cc1N)C(=O)NC2. The van der Waals surface area contributed by atoms with E-state index in [1.54, 1.807) is 6.07 Å². The van der Waals surface area contributed by atoms with Crippen molar-refractivity contribution < 1.29 is 9.53 Å². The molecule has 0 unspecified atom stereocenters. The maximum Gasteiger partial charge on any atom is 0.251 e. The molecule has 2 rings (SSSR count). The second kappa shape index (κ2) is 5.27. The van der Waals surface area contributed by atoms with Crippen LogP contribution in [0.1, 0.15) is 29.8 Å². The number of nitrogen functional groups attached to an aromatic ring is 1. The summed E-state index contributed by atoms with van der Waals surface area (Å²) in [6.07, 6.45) is 0.228. The first-order valence-corrected chi connectivity index (χ1v) is 6.14. The van der Waals surface area contributed by atoms with Crippen molar-refractivity contribution in [1.82, 2.24) is 5.32 Å². The van der Waals surface area contributed by atoms with E-state index in [0.29, 0.717) is 30.9 Å². The number of nitrogens with two attached hydrogens (primary N) is 1. The van der Waals surface area contributed by atoms with Crippen LogP contribution in [0.25, 0.3) is 0 Å². The molecule has 98 valence electrons. The average molecular weight is 249 g/mol. The molecule has 1 amide bonds. The molecule has 5 nitrogen and oxygen atoms in total. The van der Waals surface area contributed by atoms with Crippen molar-refractivity contribution in [1.29, 1.82) is 0 Å². The van der Waals surface area contributed by atoms with Gasteiger partial charge in [-0.15, -0.1) is 0 Å². The maximum atomic E-state index is 11.5. The molecule has 0 atom stereocenters. The lowest BCUT2D eigenvalue weighted by Gasteiger charge is -2.12. The van der Waals surface area contributed by atoms with E-state index in [1.165, 1.54) is 0 Å². The Hall–Kier alpha value is -1.75. The summed E-state index contributed by atoms with van der Waals surface area (Å²) >= 11 is 0. The van der Waals surface area contributed by atoms with Gasteiger partial charge in [0.05, 0.1) is 24.1 Å². The second-order valence-electron chi connectivity index (χ2n) is 4.63. The summed E-state index contributed by atoms with van der Waals surface area (Å²) in [6.45, 7) is 5.90. The van der Waals surface area contributed by atoms with Crippen LogP contribution in [0.2, 0.25) is 0 Å². The van der Waals surface area contributed by atoms with Crippen LogP contribution in [0.4, 0.5) is 11.4 Å². The zero-order valence-electron chi connectivity index (χ0n) is 10.7. The smallest absolute Gasteiger partial charge is 0.251 e. The minimum Gasteiger partial charge on any atom is -0.397 e. The number of hydrogen-bond donors (Lipinski definition) is 3. The number of carbonyl (C=O) groups is 1. The molecular formula is C13H19N3O2. The summed E-state index contributed by atoms with van der Waals surface area (Å²) < 4.78 is 5.44. The van der Waals surface area contributed by atoms with Crippen molar-refractivity contribution in [3.05, 3.63) is 23.3 Å². The maximum absolute atomic E-state index is 11.5. The van der Waals surface area contributed by atoms with Crippen molar-refractivity contribution in [2.45, 2.75) is 26.5 Å². The molecule has 0 saturated carbocycles. The third-order valence-electron chi connectivity index (χ3n) is 2.83. The number of ether oxygens (including phenoxy) is 1. The number of carbonyl (C=O) groups excluding carboxylic acids is 1. The standard InChI is InChI=1S/C13H19N3O2/c1-8(2)18-4-3-15-12-5-9-7-16-13(17)10(9)6-11(12)14/h5-6,8,15H,3-4,7,14H2,1-2H3,(H,16,17). The monoisotopic (exact) mass is 249 g/mol.